The zero-order chi connectivity index (χ0) is 15.5. The summed E-state index contributed by atoms with van der Waals surface area (Å²) < 4.78 is 5.39. The smallest absolute Gasteiger partial charge is 0.319 e. The van der Waals surface area contributed by atoms with Crippen molar-refractivity contribution in [2.75, 3.05) is 13.2 Å². The van der Waals surface area contributed by atoms with Crippen molar-refractivity contribution in [3.8, 4) is 0 Å². The minimum Gasteiger partial charge on any atom is -0.480 e. The van der Waals surface area contributed by atoms with Crippen LogP contribution in [0.3, 0.4) is 0 Å². The summed E-state index contributed by atoms with van der Waals surface area (Å²) in [5.41, 5.74) is -0.406. The van der Waals surface area contributed by atoms with Crippen molar-refractivity contribution < 1.29 is 19.4 Å². The maximum absolute atomic E-state index is 11.7. The lowest BCUT2D eigenvalue weighted by Crippen LogP contribution is -2.38. The second kappa shape index (κ2) is 6.64. The molecule has 1 aliphatic carbocycles. The minimum atomic E-state index is -1.21. The third-order valence-corrected chi connectivity index (χ3v) is 3.99. The molecule has 1 aromatic rings. The van der Waals surface area contributed by atoms with Crippen molar-refractivity contribution in [2.24, 2.45) is 5.41 Å². The van der Waals surface area contributed by atoms with Crippen LogP contribution in [-0.4, -0.2) is 30.1 Å². The summed E-state index contributed by atoms with van der Waals surface area (Å²) in [6, 6.07) is 5.12. The van der Waals surface area contributed by atoms with Crippen LogP contribution in [0.15, 0.2) is 18.2 Å². The topological polar surface area (TPSA) is 75.6 Å². The minimum absolute atomic E-state index is 0.263. The summed E-state index contributed by atoms with van der Waals surface area (Å²) in [7, 11) is 0. The molecule has 0 atom stereocenters. The summed E-state index contributed by atoms with van der Waals surface area (Å²) in [5, 5.41) is 12.6. The molecule has 0 unspecified atom stereocenters. The lowest BCUT2D eigenvalue weighted by Gasteiger charge is -2.11. The molecule has 1 amide bonds. The molecule has 1 saturated carbocycles. The number of rotatable bonds is 7. The Kier molecular flexibility index (Phi) is 5.08. The maximum atomic E-state index is 11.7. The van der Waals surface area contributed by atoms with Crippen molar-refractivity contribution in [1.82, 2.24) is 5.32 Å². The molecule has 0 bridgehead atoms. The van der Waals surface area contributed by atoms with E-state index < -0.39 is 17.3 Å². The van der Waals surface area contributed by atoms with E-state index in [0.29, 0.717) is 29.5 Å². The van der Waals surface area contributed by atoms with E-state index in [-0.39, 0.29) is 13.2 Å². The quantitative estimate of drug-likeness (QED) is 0.594. The molecule has 2 N–H and O–H groups in total. The van der Waals surface area contributed by atoms with Gasteiger partial charge in [-0.05, 0) is 30.5 Å². The van der Waals surface area contributed by atoms with E-state index in [2.05, 4.69) is 5.32 Å². The molecule has 1 aromatic carbocycles. The number of amides is 1. The Bertz CT molecular complexity index is 558. The second-order valence-corrected chi connectivity index (χ2v) is 5.78. The van der Waals surface area contributed by atoms with Gasteiger partial charge in [0, 0.05) is 16.6 Å². The van der Waals surface area contributed by atoms with Crippen molar-refractivity contribution in [1.29, 1.82) is 0 Å². The summed E-state index contributed by atoms with van der Waals surface area (Å²) in [4.78, 5) is 22.7. The molecule has 2 rings (SSSR count). The van der Waals surface area contributed by atoms with Gasteiger partial charge < -0.3 is 15.2 Å². The van der Waals surface area contributed by atoms with Gasteiger partial charge in [0.15, 0.2) is 0 Å². The average molecular weight is 332 g/mol. The summed E-state index contributed by atoms with van der Waals surface area (Å²) in [6.45, 7) is 0.843. The number of carbonyl (C=O) groups excluding carboxylic acids is 1. The number of ether oxygens (including phenoxy) is 1. The van der Waals surface area contributed by atoms with Gasteiger partial charge in [0.1, 0.15) is 5.41 Å². The summed E-state index contributed by atoms with van der Waals surface area (Å²) in [5.74, 6) is -1.50. The van der Waals surface area contributed by atoms with Crippen LogP contribution in [0.2, 0.25) is 10.0 Å². The molecule has 1 fully saturated rings. The van der Waals surface area contributed by atoms with Crippen LogP contribution in [0.4, 0.5) is 0 Å². The Balaban J connectivity index is 1.69. The van der Waals surface area contributed by atoms with Crippen molar-refractivity contribution in [3.63, 3.8) is 0 Å². The first kappa shape index (κ1) is 16.1. The lowest BCUT2D eigenvalue weighted by molar-refractivity contribution is -0.149. The van der Waals surface area contributed by atoms with Crippen molar-refractivity contribution in [3.05, 3.63) is 33.8 Å². The van der Waals surface area contributed by atoms with Crippen molar-refractivity contribution in [2.45, 2.75) is 19.4 Å². The number of hydrogen-bond donors (Lipinski definition) is 2. The molecule has 0 heterocycles. The van der Waals surface area contributed by atoms with Crippen molar-refractivity contribution >= 4 is 35.1 Å². The van der Waals surface area contributed by atoms with Crippen LogP contribution in [0.25, 0.3) is 0 Å². The van der Waals surface area contributed by atoms with E-state index >= 15 is 0 Å². The first-order valence-electron chi connectivity index (χ1n) is 6.49. The number of carboxylic acids is 1. The number of carboxylic acid groups (broad SMARTS) is 1. The Labute approximate surface area is 132 Å². The molecule has 114 valence electrons. The lowest BCUT2D eigenvalue weighted by atomic mass is 10.1. The van der Waals surface area contributed by atoms with E-state index in [1.165, 1.54) is 0 Å². The highest BCUT2D eigenvalue weighted by molar-refractivity contribution is 6.35. The van der Waals surface area contributed by atoms with Gasteiger partial charge in [-0.3, -0.25) is 9.59 Å². The molecule has 0 aliphatic heterocycles. The number of nitrogens with one attached hydrogen (secondary N) is 1. The summed E-state index contributed by atoms with van der Waals surface area (Å²) >= 11 is 11.8. The average Bonchev–Trinajstić information content (AvgIpc) is 3.22. The van der Waals surface area contributed by atoms with Crippen LogP contribution in [0, 0.1) is 5.41 Å². The number of hydrogen-bond acceptors (Lipinski definition) is 3. The highest BCUT2D eigenvalue weighted by Crippen LogP contribution is 2.45. The Morgan fingerprint density at radius 2 is 2.05 bits per heavy atom. The second-order valence-electron chi connectivity index (χ2n) is 4.93. The van der Waals surface area contributed by atoms with Gasteiger partial charge in [-0.15, -0.1) is 0 Å². The van der Waals surface area contributed by atoms with Crippen LogP contribution in [0.5, 0.6) is 0 Å². The summed E-state index contributed by atoms with van der Waals surface area (Å²) in [6.07, 6.45) is 0.796. The zero-order valence-electron chi connectivity index (χ0n) is 11.2. The fourth-order valence-corrected chi connectivity index (χ4v) is 2.35. The first-order valence-corrected chi connectivity index (χ1v) is 7.25. The van der Waals surface area contributed by atoms with Crippen LogP contribution in [0.1, 0.15) is 18.4 Å². The molecular weight excluding hydrogens is 317 g/mol. The van der Waals surface area contributed by atoms with E-state index in [1.807, 2.05) is 0 Å². The first-order chi connectivity index (χ1) is 9.95. The molecule has 0 radical (unpaired) electrons. The third kappa shape index (κ3) is 3.87. The highest BCUT2D eigenvalue weighted by Gasteiger charge is 2.56. The maximum Gasteiger partial charge on any atom is 0.319 e. The van der Waals surface area contributed by atoms with E-state index in [0.717, 1.165) is 5.56 Å². The third-order valence-electron chi connectivity index (χ3n) is 3.40. The van der Waals surface area contributed by atoms with E-state index in [1.54, 1.807) is 18.2 Å². The molecule has 0 aromatic heterocycles. The largest absolute Gasteiger partial charge is 0.480 e. The Hall–Kier alpha value is -1.30. The molecular formula is C14H15Cl2NO4. The van der Waals surface area contributed by atoms with Crippen LogP contribution < -0.4 is 5.32 Å². The van der Waals surface area contributed by atoms with Gasteiger partial charge in [-0.1, -0.05) is 29.3 Å². The van der Waals surface area contributed by atoms with Gasteiger partial charge >= 0.3 is 5.97 Å². The fourth-order valence-electron chi connectivity index (χ4n) is 1.89. The monoisotopic (exact) mass is 331 g/mol. The molecule has 0 spiro atoms. The van der Waals surface area contributed by atoms with Gasteiger partial charge in [-0.2, -0.15) is 0 Å². The predicted molar refractivity (Wildman–Crippen MR) is 78.4 cm³/mol. The highest BCUT2D eigenvalue weighted by atomic mass is 35.5. The normalized spacial score (nSPS) is 15.5. The van der Waals surface area contributed by atoms with Crippen LogP contribution in [-0.2, 0) is 20.9 Å². The Morgan fingerprint density at radius 3 is 2.62 bits per heavy atom. The Morgan fingerprint density at radius 1 is 1.33 bits per heavy atom. The van der Waals surface area contributed by atoms with E-state index in [9.17, 15) is 9.59 Å². The van der Waals surface area contributed by atoms with E-state index in [4.69, 9.17) is 33.0 Å². The van der Waals surface area contributed by atoms with Gasteiger partial charge in [0.2, 0.25) is 5.91 Å². The van der Waals surface area contributed by atoms with Gasteiger partial charge in [0.05, 0.1) is 13.2 Å². The molecule has 7 heteroatoms. The standard InChI is InChI=1S/C14H15Cl2NO4/c15-10-2-1-9(11(16)7-10)8-21-6-5-17-12(18)14(3-4-14)13(19)20/h1-2,7H,3-6,8H2,(H,17,18)(H,19,20). The molecule has 0 saturated heterocycles. The number of aliphatic carboxylic acids is 1. The predicted octanol–water partition coefficient (Wildman–Crippen LogP) is 2.49. The van der Waals surface area contributed by atoms with Gasteiger partial charge in [-0.25, -0.2) is 0 Å². The number of benzene rings is 1. The molecule has 1 aliphatic rings. The zero-order valence-corrected chi connectivity index (χ0v) is 12.7. The fraction of sp³-hybridized carbons (Fsp3) is 0.429. The number of carbonyl (C=O) groups is 2. The van der Waals surface area contributed by atoms with Crippen LogP contribution >= 0.6 is 23.2 Å². The SMILES string of the molecule is O=C(O)C1(C(=O)NCCOCc2ccc(Cl)cc2Cl)CC1. The number of halogens is 2. The molecule has 21 heavy (non-hydrogen) atoms. The molecule has 5 nitrogen and oxygen atoms in total. The van der Waals surface area contributed by atoms with Gasteiger partial charge in [0.25, 0.3) is 0 Å².